The van der Waals surface area contributed by atoms with Crippen LogP contribution in [0.1, 0.15) is 6.42 Å². The van der Waals surface area contributed by atoms with Crippen molar-refractivity contribution >= 4 is 23.6 Å². The Kier molecular flexibility index (Phi) is 5.11. The number of urea groups is 1. The van der Waals surface area contributed by atoms with Crippen molar-refractivity contribution in [1.82, 2.24) is 5.32 Å². The Labute approximate surface area is 115 Å². The maximum atomic E-state index is 13.3. The third-order valence-electron chi connectivity index (χ3n) is 2.25. The standard InChI is InChI=1S/C11H10F3N3O4/c12-4-1-5(13)9(6(14)2-4)17-11(21)16-7(10(19)20)3-8(15)18/h1-2,7H,3H2,(H2,15,18)(H,19,20)(H2,16,17,21)/t7-/m1/s1. The van der Waals surface area contributed by atoms with Crippen LogP contribution in [0.15, 0.2) is 12.1 Å². The van der Waals surface area contributed by atoms with E-state index in [1.165, 1.54) is 0 Å². The molecule has 5 N–H and O–H groups in total. The van der Waals surface area contributed by atoms with Crippen molar-refractivity contribution in [1.29, 1.82) is 0 Å². The lowest BCUT2D eigenvalue weighted by molar-refractivity contribution is -0.140. The number of benzene rings is 1. The SMILES string of the molecule is NC(=O)C[C@@H](NC(=O)Nc1c(F)cc(F)cc1F)C(=O)O. The number of carbonyl (C=O) groups excluding carboxylic acids is 2. The number of anilines is 1. The number of nitrogens with two attached hydrogens (primary N) is 1. The third-order valence-corrected chi connectivity index (χ3v) is 2.25. The number of rotatable bonds is 5. The molecule has 0 saturated heterocycles. The Morgan fingerprint density at radius 1 is 1.19 bits per heavy atom. The second-order valence-corrected chi connectivity index (χ2v) is 3.90. The second-order valence-electron chi connectivity index (χ2n) is 3.90. The summed E-state index contributed by atoms with van der Waals surface area (Å²) in [5.41, 5.74) is 3.83. The van der Waals surface area contributed by atoms with E-state index in [4.69, 9.17) is 10.8 Å². The summed E-state index contributed by atoms with van der Waals surface area (Å²) in [7, 11) is 0. The van der Waals surface area contributed by atoms with Gasteiger partial charge in [0, 0.05) is 12.1 Å². The monoisotopic (exact) mass is 305 g/mol. The molecule has 0 aliphatic carbocycles. The van der Waals surface area contributed by atoms with Crippen LogP contribution in [0, 0.1) is 17.5 Å². The molecule has 0 aliphatic heterocycles. The number of nitrogens with one attached hydrogen (secondary N) is 2. The lowest BCUT2D eigenvalue weighted by atomic mass is 10.2. The first kappa shape index (κ1) is 16.3. The molecule has 0 aromatic heterocycles. The van der Waals surface area contributed by atoms with Crippen molar-refractivity contribution < 1.29 is 32.7 Å². The number of primary amides is 1. The highest BCUT2D eigenvalue weighted by Crippen LogP contribution is 2.19. The molecule has 0 fully saturated rings. The maximum Gasteiger partial charge on any atom is 0.326 e. The van der Waals surface area contributed by atoms with Gasteiger partial charge in [0.1, 0.15) is 17.5 Å². The Balaban J connectivity index is 2.82. The predicted octanol–water partition coefficient (Wildman–Crippen LogP) is 0.554. The van der Waals surface area contributed by atoms with Crippen molar-refractivity contribution in [3.05, 3.63) is 29.6 Å². The highest BCUT2D eigenvalue weighted by molar-refractivity contribution is 5.94. The average Bonchev–Trinajstić information content (AvgIpc) is 2.32. The molecule has 1 aromatic rings. The van der Waals surface area contributed by atoms with Gasteiger partial charge in [-0.15, -0.1) is 0 Å². The maximum absolute atomic E-state index is 13.3. The third kappa shape index (κ3) is 4.67. The molecule has 0 radical (unpaired) electrons. The van der Waals surface area contributed by atoms with Gasteiger partial charge in [0.05, 0.1) is 6.42 Å². The van der Waals surface area contributed by atoms with Gasteiger partial charge >= 0.3 is 12.0 Å². The van der Waals surface area contributed by atoms with Crippen molar-refractivity contribution in [3.8, 4) is 0 Å². The number of amides is 3. The van der Waals surface area contributed by atoms with Crippen molar-refractivity contribution in [2.24, 2.45) is 5.73 Å². The van der Waals surface area contributed by atoms with E-state index in [0.717, 1.165) is 0 Å². The van der Waals surface area contributed by atoms with Gasteiger partial charge in [-0.2, -0.15) is 0 Å². The Bertz CT molecular complexity index is 571. The minimum Gasteiger partial charge on any atom is -0.480 e. The zero-order chi connectivity index (χ0) is 16.2. The summed E-state index contributed by atoms with van der Waals surface area (Å²) >= 11 is 0. The number of carbonyl (C=O) groups is 3. The van der Waals surface area contributed by atoms with E-state index in [0.29, 0.717) is 12.1 Å². The molecule has 114 valence electrons. The molecule has 0 bridgehead atoms. The van der Waals surface area contributed by atoms with Gasteiger partial charge in [-0.3, -0.25) is 4.79 Å². The van der Waals surface area contributed by atoms with E-state index in [9.17, 15) is 27.6 Å². The van der Waals surface area contributed by atoms with Crippen LogP contribution >= 0.6 is 0 Å². The number of hydrogen-bond donors (Lipinski definition) is 4. The number of aliphatic carboxylic acids is 1. The van der Waals surface area contributed by atoms with Crippen molar-refractivity contribution in [3.63, 3.8) is 0 Å². The predicted molar refractivity (Wildman–Crippen MR) is 63.7 cm³/mol. The molecule has 3 amide bonds. The summed E-state index contributed by atoms with van der Waals surface area (Å²) in [5.74, 6) is -6.52. The summed E-state index contributed by atoms with van der Waals surface area (Å²) in [6.45, 7) is 0. The second kappa shape index (κ2) is 6.59. The molecular formula is C11H10F3N3O4. The smallest absolute Gasteiger partial charge is 0.326 e. The van der Waals surface area contributed by atoms with E-state index in [1.807, 2.05) is 0 Å². The van der Waals surface area contributed by atoms with Crippen molar-refractivity contribution in [2.45, 2.75) is 12.5 Å². The van der Waals surface area contributed by atoms with Crippen LogP contribution in [0.5, 0.6) is 0 Å². The van der Waals surface area contributed by atoms with Crippen LogP contribution in [0.3, 0.4) is 0 Å². The summed E-state index contributed by atoms with van der Waals surface area (Å²) in [6.07, 6.45) is -0.711. The molecule has 7 nitrogen and oxygen atoms in total. The lowest BCUT2D eigenvalue weighted by Crippen LogP contribution is -2.45. The highest BCUT2D eigenvalue weighted by atomic mass is 19.1. The molecule has 0 heterocycles. The fourth-order valence-corrected chi connectivity index (χ4v) is 1.37. The van der Waals surface area contributed by atoms with Gasteiger partial charge in [-0.05, 0) is 0 Å². The van der Waals surface area contributed by atoms with Crippen molar-refractivity contribution in [2.75, 3.05) is 5.32 Å². The molecule has 0 spiro atoms. The Morgan fingerprint density at radius 3 is 2.14 bits per heavy atom. The molecule has 0 unspecified atom stereocenters. The zero-order valence-corrected chi connectivity index (χ0v) is 10.3. The van der Waals surface area contributed by atoms with E-state index in [-0.39, 0.29) is 0 Å². The fraction of sp³-hybridized carbons (Fsp3) is 0.182. The summed E-state index contributed by atoms with van der Waals surface area (Å²) in [4.78, 5) is 32.8. The topological polar surface area (TPSA) is 122 Å². The number of carboxylic acid groups (broad SMARTS) is 1. The van der Waals surface area contributed by atoms with Gasteiger partial charge < -0.3 is 21.5 Å². The molecule has 1 atom stereocenters. The van der Waals surface area contributed by atoms with E-state index in [2.05, 4.69) is 0 Å². The quantitative estimate of drug-likeness (QED) is 0.634. The zero-order valence-electron chi connectivity index (χ0n) is 10.3. The number of carboxylic acids is 1. The normalized spacial score (nSPS) is 11.6. The molecule has 1 rings (SSSR count). The largest absolute Gasteiger partial charge is 0.480 e. The van der Waals surface area contributed by atoms with Crippen LogP contribution in [-0.2, 0) is 9.59 Å². The highest BCUT2D eigenvalue weighted by Gasteiger charge is 2.23. The summed E-state index contributed by atoms with van der Waals surface area (Å²) in [6, 6.07) is -2.31. The molecule has 21 heavy (non-hydrogen) atoms. The van der Waals surface area contributed by atoms with Crippen LogP contribution in [0.2, 0.25) is 0 Å². The average molecular weight is 305 g/mol. The van der Waals surface area contributed by atoms with Gasteiger partial charge in [0.25, 0.3) is 0 Å². The summed E-state index contributed by atoms with van der Waals surface area (Å²) in [5, 5.41) is 12.2. The molecule has 1 aromatic carbocycles. The van der Waals surface area contributed by atoms with Gasteiger partial charge in [-0.1, -0.05) is 0 Å². The summed E-state index contributed by atoms with van der Waals surface area (Å²) < 4.78 is 39.2. The number of hydrogen-bond acceptors (Lipinski definition) is 3. The lowest BCUT2D eigenvalue weighted by Gasteiger charge is -2.14. The molecular weight excluding hydrogens is 295 g/mol. The Morgan fingerprint density at radius 2 is 1.71 bits per heavy atom. The van der Waals surface area contributed by atoms with Gasteiger partial charge in [-0.25, -0.2) is 22.8 Å². The molecule has 0 aliphatic rings. The van der Waals surface area contributed by atoms with Crippen LogP contribution in [0.25, 0.3) is 0 Å². The fourth-order valence-electron chi connectivity index (χ4n) is 1.37. The van der Waals surface area contributed by atoms with Gasteiger partial charge in [0.2, 0.25) is 5.91 Å². The minimum absolute atomic E-state index is 0.330. The van der Waals surface area contributed by atoms with E-state index < -0.39 is 53.5 Å². The number of halogens is 3. The first-order chi connectivity index (χ1) is 9.70. The minimum atomic E-state index is -1.67. The molecule has 0 saturated carbocycles. The van der Waals surface area contributed by atoms with E-state index in [1.54, 1.807) is 10.6 Å². The first-order valence-electron chi connectivity index (χ1n) is 5.44. The Hall–Kier alpha value is -2.78. The van der Waals surface area contributed by atoms with E-state index >= 15 is 0 Å². The van der Waals surface area contributed by atoms with Crippen LogP contribution in [-0.4, -0.2) is 29.1 Å². The van der Waals surface area contributed by atoms with Crippen LogP contribution in [0.4, 0.5) is 23.7 Å². The van der Waals surface area contributed by atoms with Crippen LogP contribution < -0.4 is 16.4 Å². The first-order valence-corrected chi connectivity index (χ1v) is 5.44. The molecule has 10 heteroatoms. The van der Waals surface area contributed by atoms with Gasteiger partial charge in [0.15, 0.2) is 11.6 Å².